The largest absolute Gasteiger partial charge is 0.207 e. The molecule has 0 amide bonds. The van der Waals surface area contributed by atoms with Gasteiger partial charge in [0.2, 0.25) is 0 Å². The highest BCUT2D eigenvalue weighted by Crippen LogP contribution is 2.38. The van der Waals surface area contributed by atoms with Crippen molar-refractivity contribution >= 4 is 34.8 Å². The first-order valence-corrected chi connectivity index (χ1v) is 6.95. The van der Waals surface area contributed by atoms with Crippen molar-refractivity contribution in [3.8, 4) is 0 Å². The molecule has 4 heteroatoms. The lowest BCUT2D eigenvalue weighted by molar-refractivity contribution is 0.618. The number of alkyl halides is 1. The second-order valence-electron chi connectivity index (χ2n) is 4.46. The third-order valence-electron chi connectivity index (χ3n) is 3.05. The molecule has 0 fully saturated rings. The Morgan fingerprint density at radius 2 is 1.68 bits per heavy atom. The van der Waals surface area contributed by atoms with Crippen molar-refractivity contribution in [2.75, 3.05) is 0 Å². The average Bonchev–Trinajstić information content (AvgIpc) is 2.36. The number of rotatable bonds is 2. The first-order valence-electron chi connectivity index (χ1n) is 5.76. The highest BCUT2D eigenvalue weighted by Gasteiger charge is 2.19. The van der Waals surface area contributed by atoms with Gasteiger partial charge in [-0.15, -0.1) is 11.6 Å². The normalized spacial score (nSPS) is 12.5. The van der Waals surface area contributed by atoms with E-state index in [9.17, 15) is 4.39 Å². The molecular formula is C15H12Cl3F. The van der Waals surface area contributed by atoms with Gasteiger partial charge in [0.15, 0.2) is 0 Å². The third-order valence-corrected chi connectivity index (χ3v) is 4.36. The van der Waals surface area contributed by atoms with E-state index in [2.05, 4.69) is 0 Å². The fourth-order valence-electron chi connectivity index (χ4n) is 1.91. The van der Waals surface area contributed by atoms with Crippen LogP contribution >= 0.6 is 34.8 Å². The second-order valence-corrected chi connectivity index (χ2v) is 5.69. The van der Waals surface area contributed by atoms with Crippen LogP contribution in [0, 0.1) is 19.7 Å². The van der Waals surface area contributed by atoms with E-state index >= 15 is 0 Å². The van der Waals surface area contributed by atoms with Crippen LogP contribution in [0.2, 0.25) is 10.0 Å². The zero-order valence-electron chi connectivity index (χ0n) is 10.5. The summed E-state index contributed by atoms with van der Waals surface area (Å²) in [6.07, 6.45) is 0. The molecule has 2 rings (SSSR count). The Hall–Kier alpha value is -0.760. The third kappa shape index (κ3) is 2.89. The van der Waals surface area contributed by atoms with Gasteiger partial charge in [0.25, 0.3) is 0 Å². The van der Waals surface area contributed by atoms with Crippen LogP contribution < -0.4 is 0 Å². The lowest BCUT2D eigenvalue weighted by Gasteiger charge is -2.16. The molecule has 0 saturated heterocycles. The summed E-state index contributed by atoms with van der Waals surface area (Å²) < 4.78 is 13.4. The number of halogens is 4. The molecule has 0 aromatic heterocycles. The summed E-state index contributed by atoms with van der Waals surface area (Å²) in [5.41, 5.74) is 2.89. The number of hydrogen-bond donors (Lipinski definition) is 0. The summed E-state index contributed by atoms with van der Waals surface area (Å²) in [4.78, 5) is 0. The lowest BCUT2D eigenvalue weighted by Crippen LogP contribution is -1.98. The van der Waals surface area contributed by atoms with Crippen LogP contribution in [0.1, 0.15) is 27.6 Å². The van der Waals surface area contributed by atoms with E-state index in [0.29, 0.717) is 21.2 Å². The van der Waals surface area contributed by atoms with E-state index in [1.165, 1.54) is 6.07 Å². The zero-order valence-corrected chi connectivity index (χ0v) is 12.7. The lowest BCUT2D eigenvalue weighted by atomic mass is 10.0. The van der Waals surface area contributed by atoms with Crippen molar-refractivity contribution in [1.82, 2.24) is 0 Å². The van der Waals surface area contributed by atoms with Crippen LogP contribution in [-0.4, -0.2) is 0 Å². The molecule has 0 aliphatic heterocycles. The van der Waals surface area contributed by atoms with Crippen LogP contribution in [-0.2, 0) is 0 Å². The minimum absolute atomic E-state index is 0.306. The minimum Gasteiger partial charge on any atom is -0.207 e. The van der Waals surface area contributed by atoms with Crippen LogP contribution in [0.25, 0.3) is 0 Å². The Morgan fingerprint density at radius 1 is 1.00 bits per heavy atom. The molecule has 0 aliphatic carbocycles. The summed E-state index contributed by atoms with van der Waals surface area (Å²) >= 11 is 18.8. The van der Waals surface area contributed by atoms with Gasteiger partial charge in [-0.05, 0) is 48.2 Å². The van der Waals surface area contributed by atoms with Gasteiger partial charge in [0.1, 0.15) is 5.82 Å². The molecule has 0 aliphatic rings. The van der Waals surface area contributed by atoms with Gasteiger partial charge in [0.05, 0.1) is 5.38 Å². The SMILES string of the molecule is Cc1cc(C(Cl)c2cccc(C)c2Cl)c(Cl)cc1F. The van der Waals surface area contributed by atoms with E-state index in [-0.39, 0.29) is 5.82 Å². The average molecular weight is 318 g/mol. The number of hydrogen-bond acceptors (Lipinski definition) is 0. The first kappa shape index (κ1) is 14.6. The van der Waals surface area contributed by atoms with E-state index in [0.717, 1.165) is 11.1 Å². The van der Waals surface area contributed by atoms with Crippen molar-refractivity contribution in [3.05, 3.63) is 68.4 Å². The van der Waals surface area contributed by atoms with E-state index in [1.54, 1.807) is 13.0 Å². The summed E-state index contributed by atoms with van der Waals surface area (Å²) in [6.45, 7) is 3.59. The molecule has 0 N–H and O–H groups in total. The fraction of sp³-hybridized carbons (Fsp3) is 0.200. The smallest absolute Gasteiger partial charge is 0.127 e. The summed E-state index contributed by atoms with van der Waals surface area (Å²) in [6, 6.07) is 8.59. The highest BCUT2D eigenvalue weighted by atomic mass is 35.5. The van der Waals surface area contributed by atoms with Crippen molar-refractivity contribution in [3.63, 3.8) is 0 Å². The number of benzene rings is 2. The van der Waals surface area contributed by atoms with Crippen LogP contribution in [0.5, 0.6) is 0 Å². The predicted molar refractivity (Wildman–Crippen MR) is 80.0 cm³/mol. The summed E-state index contributed by atoms with van der Waals surface area (Å²) in [5, 5.41) is 0.417. The molecule has 100 valence electrons. The molecule has 0 radical (unpaired) electrons. The Morgan fingerprint density at radius 3 is 2.37 bits per heavy atom. The standard InChI is InChI=1S/C15H12Cl3F/c1-8-4-3-5-10(14(8)17)15(18)11-6-9(2)13(19)7-12(11)16/h3-7,15H,1-2H3. The highest BCUT2D eigenvalue weighted by molar-refractivity contribution is 6.35. The molecule has 2 aromatic rings. The maximum Gasteiger partial charge on any atom is 0.127 e. The molecule has 2 aromatic carbocycles. The summed E-state index contributed by atoms with van der Waals surface area (Å²) in [7, 11) is 0. The molecule has 1 unspecified atom stereocenters. The monoisotopic (exact) mass is 316 g/mol. The van der Waals surface area contributed by atoms with Crippen molar-refractivity contribution in [1.29, 1.82) is 0 Å². The van der Waals surface area contributed by atoms with Gasteiger partial charge in [-0.3, -0.25) is 0 Å². The fourth-order valence-corrected chi connectivity index (χ4v) is 2.88. The Balaban J connectivity index is 2.53. The molecule has 0 heterocycles. The zero-order chi connectivity index (χ0) is 14.2. The number of aryl methyl sites for hydroxylation is 2. The quantitative estimate of drug-likeness (QED) is 0.589. The topological polar surface area (TPSA) is 0 Å². The predicted octanol–water partition coefficient (Wildman–Crippen LogP) is 6.08. The molecule has 0 nitrogen and oxygen atoms in total. The van der Waals surface area contributed by atoms with Gasteiger partial charge in [0, 0.05) is 10.0 Å². The Bertz CT molecular complexity index is 623. The molecule has 0 bridgehead atoms. The van der Waals surface area contributed by atoms with Crippen molar-refractivity contribution in [2.45, 2.75) is 19.2 Å². The molecule has 19 heavy (non-hydrogen) atoms. The van der Waals surface area contributed by atoms with Gasteiger partial charge >= 0.3 is 0 Å². The second kappa shape index (κ2) is 5.70. The van der Waals surface area contributed by atoms with E-state index in [4.69, 9.17) is 34.8 Å². The van der Waals surface area contributed by atoms with Gasteiger partial charge in [-0.2, -0.15) is 0 Å². The van der Waals surface area contributed by atoms with E-state index in [1.807, 2.05) is 25.1 Å². The molecule has 1 atom stereocenters. The van der Waals surface area contributed by atoms with Crippen molar-refractivity contribution < 1.29 is 4.39 Å². The van der Waals surface area contributed by atoms with Crippen LogP contribution in [0.15, 0.2) is 30.3 Å². The maximum absolute atomic E-state index is 13.4. The van der Waals surface area contributed by atoms with Gasteiger partial charge < -0.3 is 0 Å². The first-order chi connectivity index (χ1) is 8.91. The minimum atomic E-state index is -0.501. The maximum atomic E-state index is 13.4. The molecule has 0 saturated carbocycles. The molecule has 0 spiro atoms. The Labute approximate surface area is 127 Å². The Kier molecular flexibility index (Phi) is 4.39. The van der Waals surface area contributed by atoms with Crippen LogP contribution in [0.3, 0.4) is 0 Å². The van der Waals surface area contributed by atoms with Crippen molar-refractivity contribution in [2.24, 2.45) is 0 Å². The summed E-state index contributed by atoms with van der Waals surface area (Å²) in [5.74, 6) is -0.340. The van der Waals surface area contributed by atoms with Crippen LogP contribution in [0.4, 0.5) is 4.39 Å². The van der Waals surface area contributed by atoms with Gasteiger partial charge in [-0.1, -0.05) is 41.4 Å². The van der Waals surface area contributed by atoms with E-state index < -0.39 is 5.38 Å². The van der Waals surface area contributed by atoms with Gasteiger partial charge in [-0.25, -0.2) is 4.39 Å². The molecular weight excluding hydrogens is 306 g/mol.